The Balaban J connectivity index is -0.0000000600. The number of hydrogen-bond acceptors (Lipinski definition) is 3. The lowest BCUT2D eigenvalue weighted by atomic mass is 10.8. The van der Waals surface area contributed by atoms with Gasteiger partial charge < -0.3 is 9.47 Å². The number of carbonyl (C=O) groups excluding carboxylic acids is 1. The minimum absolute atomic E-state index is 0. The van der Waals surface area contributed by atoms with E-state index in [1.807, 2.05) is 0 Å². The summed E-state index contributed by atoms with van der Waals surface area (Å²) in [4.78, 5) is 9.90. The molecule has 0 saturated carbocycles. The largest absolute Gasteiger partial charge is 0.439 e. The smallest absolute Gasteiger partial charge is 0.304 e. The summed E-state index contributed by atoms with van der Waals surface area (Å²) in [6, 6.07) is 0. The van der Waals surface area contributed by atoms with Crippen molar-refractivity contribution >= 4 is 5.97 Å². The van der Waals surface area contributed by atoms with Crippen molar-refractivity contribution in [3.63, 3.8) is 0 Å². The fraction of sp³-hybridized carbons (Fsp3) is 0.857. The molecule has 0 bridgehead atoms. The van der Waals surface area contributed by atoms with Gasteiger partial charge in [-0.3, -0.25) is 4.79 Å². The number of methoxy groups -OCH3 is 1. The molecule has 0 aromatic carbocycles. The zero-order chi connectivity index (χ0) is 5.70. The van der Waals surface area contributed by atoms with Gasteiger partial charge >= 0.3 is 5.97 Å². The van der Waals surface area contributed by atoms with Gasteiger partial charge in [-0.2, -0.15) is 0 Å². The van der Waals surface area contributed by atoms with E-state index in [1.54, 1.807) is 0 Å². The maximum Gasteiger partial charge on any atom is 0.304 e. The molecule has 0 atom stereocenters. The second-order valence-corrected chi connectivity index (χ2v) is 1.04. The normalized spacial score (nSPS) is 5.80. The van der Waals surface area contributed by atoms with Crippen molar-refractivity contribution in [2.75, 3.05) is 13.9 Å². The van der Waals surface area contributed by atoms with Gasteiger partial charge in [-0.1, -0.05) is 22.3 Å². The fourth-order valence-electron chi connectivity index (χ4n) is 0.142. The van der Waals surface area contributed by atoms with Gasteiger partial charge in [-0.05, 0) is 0 Å². The molecule has 0 aromatic heterocycles. The lowest BCUT2D eigenvalue weighted by molar-refractivity contribution is -0.151. The van der Waals surface area contributed by atoms with Crippen LogP contribution in [0.1, 0.15) is 29.2 Å². The lowest BCUT2D eigenvalue weighted by Crippen LogP contribution is -2.00. The molecule has 0 fully saturated rings. The van der Waals surface area contributed by atoms with Gasteiger partial charge in [0.05, 0.1) is 0 Å². The predicted octanol–water partition coefficient (Wildman–Crippen LogP) is 2.06. The molecule has 0 N–H and O–H groups in total. The summed E-state index contributed by atoms with van der Waals surface area (Å²) in [5.74, 6) is -0.318. The van der Waals surface area contributed by atoms with Crippen LogP contribution >= 0.6 is 0 Å². The lowest BCUT2D eigenvalue weighted by Gasteiger charge is -1.95. The van der Waals surface area contributed by atoms with E-state index >= 15 is 0 Å². The maximum atomic E-state index is 9.90. The van der Waals surface area contributed by atoms with E-state index in [2.05, 4.69) is 9.47 Å². The topological polar surface area (TPSA) is 35.5 Å². The highest BCUT2D eigenvalue weighted by Crippen LogP contribution is 1.72. The standard InChI is InChI=1S/C4H8O3.3CH4/c1-4(5)7-3-6-2;;;/h3H2,1-2H3;3*1H4. The Morgan fingerprint density at radius 2 is 1.70 bits per heavy atom. The summed E-state index contributed by atoms with van der Waals surface area (Å²) in [5, 5.41) is 0. The Bertz CT molecular complexity index is 61.9. The van der Waals surface area contributed by atoms with Gasteiger partial charge in [-0.15, -0.1) is 0 Å². The zero-order valence-corrected chi connectivity index (χ0v) is 4.43. The Morgan fingerprint density at radius 1 is 1.30 bits per heavy atom. The molecule has 0 rings (SSSR count). The summed E-state index contributed by atoms with van der Waals surface area (Å²) < 4.78 is 8.74. The highest BCUT2D eigenvalue weighted by atomic mass is 16.7. The maximum absolute atomic E-state index is 9.90. The number of rotatable bonds is 2. The highest BCUT2D eigenvalue weighted by Gasteiger charge is 1.85. The van der Waals surface area contributed by atoms with E-state index in [0.717, 1.165) is 0 Å². The third kappa shape index (κ3) is 26.1. The first-order chi connectivity index (χ1) is 3.27. The second kappa shape index (κ2) is 15.8. The third-order valence-corrected chi connectivity index (χ3v) is 0.380. The van der Waals surface area contributed by atoms with Crippen LogP contribution in [0.25, 0.3) is 0 Å². The zero-order valence-electron chi connectivity index (χ0n) is 4.43. The van der Waals surface area contributed by atoms with E-state index in [4.69, 9.17) is 0 Å². The molecule has 0 saturated heterocycles. The van der Waals surface area contributed by atoms with Crippen molar-refractivity contribution in [1.29, 1.82) is 0 Å². The molecule has 0 aliphatic rings. The van der Waals surface area contributed by atoms with Crippen molar-refractivity contribution in [1.82, 2.24) is 0 Å². The first-order valence-corrected chi connectivity index (χ1v) is 1.89. The van der Waals surface area contributed by atoms with Gasteiger partial charge in [0.15, 0.2) is 6.79 Å². The average Bonchev–Trinajstić information content (AvgIpc) is 1.61. The number of ether oxygens (including phenoxy) is 2. The molecular formula is C7H20O3. The summed E-state index contributed by atoms with van der Waals surface area (Å²) in [6.45, 7) is 1.38. The van der Waals surface area contributed by atoms with Crippen LogP contribution in [0.15, 0.2) is 0 Å². The molecule has 10 heavy (non-hydrogen) atoms. The van der Waals surface area contributed by atoms with E-state index in [0.29, 0.717) is 0 Å². The van der Waals surface area contributed by atoms with E-state index in [1.165, 1.54) is 14.0 Å². The molecule has 0 aromatic rings. The molecule has 0 spiro atoms. The molecule has 3 heteroatoms. The molecule has 0 amide bonds. The van der Waals surface area contributed by atoms with Crippen LogP contribution in [0, 0.1) is 0 Å². The molecule has 3 nitrogen and oxygen atoms in total. The van der Waals surface area contributed by atoms with Crippen molar-refractivity contribution in [2.45, 2.75) is 29.2 Å². The second-order valence-electron chi connectivity index (χ2n) is 1.04. The van der Waals surface area contributed by atoms with Crippen LogP contribution in [0.2, 0.25) is 0 Å². The minimum atomic E-state index is -0.318. The van der Waals surface area contributed by atoms with Gasteiger partial charge in [0.1, 0.15) is 0 Å². The number of carbonyl (C=O) groups is 1. The summed E-state index contributed by atoms with van der Waals surface area (Å²) >= 11 is 0. The van der Waals surface area contributed by atoms with Crippen molar-refractivity contribution in [3.05, 3.63) is 0 Å². The molecule has 0 heterocycles. The van der Waals surface area contributed by atoms with Crippen LogP contribution in [0.4, 0.5) is 0 Å². The Kier molecular flexibility index (Phi) is 35.9. The summed E-state index contributed by atoms with van der Waals surface area (Å²) in [7, 11) is 1.46. The van der Waals surface area contributed by atoms with Crippen LogP contribution in [-0.2, 0) is 14.3 Å². The SMILES string of the molecule is C.C.C.COCOC(C)=O. The quantitative estimate of drug-likeness (QED) is 0.449. The van der Waals surface area contributed by atoms with Crippen LogP contribution in [0.5, 0.6) is 0 Å². The van der Waals surface area contributed by atoms with Crippen molar-refractivity contribution in [3.8, 4) is 0 Å². The minimum Gasteiger partial charge on any atom is -0.439 e. The molecule has 0 aliphatic heterocycles. The van der Waals surface area contributed by atoms with Crippen LogP contribution in [0.3, 0.4) is 0 Å². The average molecular weight is 152 g/mol. The molecule has 0 aliphatic carbocycles. The summed E-state index contributed by atoms with van der Waals surface area (Å²) in [6.07, 6.45) is 0. The van der Waals surface area contributed by atoms with Crippen molar-refractivity contribution in [2.24, 2.45) is 0 Å². The summed E-state index contributed by atoms with van der Waals surface area (Å²) in [5.41, 5.74) is 0. The highest BCUT2D eigenvalue weighted by molar-refractivity contribution is 5.65. The van der Waals surface area contributed by atoms with E-state index in [9.17, 15) is 4.79 Å². The van der Waals surface area contributed by atoms with Crippen LogP contribution in [-0.4, -0.2) is 19.9 Å². The van der Waals surface area contributed by atoms with Gasteiger partial charge in [-0.25, -0.2) is 0 Å². The molecule has 0 unspecified atom stereocenters. The van der Waals surface area contributed by atoms with Crippen LogP contribution < -0.4 is 0 Å². The Morgan fingerprint density at radius 3 is 1.80 bits per heavy atom. The van der Waals surface area contributed by atoms with E-state index < -0.39 is 0 Å². The fourth-order valence-corrected chi connectivity index (χ4v) is 0.142. The van der Waals surface area contributed by atoms with Crippen molar-refractivity contribution < 1.29 is 14.3 Å². The van der Waals surface area contributed by atoms with Gasteiger partial charge in [0.25, 0.3) is 0 Å². The first kappa shape index (κ1) is 22.7. The third-order valence-electron chi connectivity index (χ3n) is 0.380. The first-order valence-electron chi connectivity index (χ1n) is 1.89. The Labute approximate surface area is 64.3 Å². The molecule has 66 valence electrons. The Hall–Kier alpha value is -0.570. The number of esters is 1. The number of hydrogen-bond donors (Lipinski definition) is 0. The molecule has 0 radical (unpaired) electrons. The van der Waals surface area contributed by atoms with E-state index in [-0.39, 0.29) is 35.0 Å². The predicted molar refractivity (Wildman–Crippen MR) is 43.8 cm³/mol. The molecular weight excluding hydrogens is 132 g/mol. The van der Waals surface area contributed by atoms with Gasteiger partial charge in [0, 0.05) is 14.0 Å². The van der Waals surface area contributed by atoms with Gasteiger partial charge in [0.2, 0.25) is 0 Å². The monoisotopic (exact) mass is 152 g/mol.